The lowest BCUT2D eigenvalue weighted by molar-refractivity contribution is -0.384. The van der Waals surface area contributed by atoms with E-state index in [1.165, 1.54) is 6.07 Å². The quantitative estimate of drug-likeness (QED) is 0.628. The Bertz CT molecular complexity index is 551. The van der Waals surface area contributed by atoms with Crippen molar-refractivity contribution < 1.29 is 4.92 Å². The van der Waals surface area contributed by atoms with E-state index in [1.54, 1.807) is 36.1 Å². The normalized spacial score (nSPS) is 10.4. The minimum absolute atomic E-state index is 0.0573. The highest BCUT2D eigenvalue weighted by molar-refractivity contribution is 9.10. The molecule has 0 spiro atoms. The third-order valence-corrected chi connectivity index (χ3v) is 2.64. The van der Waals surface area contributed by atoms with E-state index >= 15 is 0 Å². The average molecular weight is 282 g/mol. The fourth-order valence-electron chi connectivity index (χ4n) is 1.43. The summed E-state index contributed by atoms with van der Waals surface area (Å²) in [6, 6.07) is 6.55. The van der Waals surface area contributed by atoms with Gasteiger partial charge in [-0.2, -0.15) is 5.10 Å². The van der Waals surface area contributed by atoms with Crippen molar-refractivity contribution >= 4 is 21.6 Å². The van der Waals surface area contributed by atoms with Gasteiger partial charge in [-0.15, -0.1) is 0 Å². The lowest BCUT2D eigenvalue weighted by Crippen LogP contribution is -1.93. The summed E-state index contributed by atoms with van der Waals surface area (Å²) in [5.41, 5.74) is 1.16. The molecule has 6 heteroatoms. The number of rotatable bonds is 2. The van der Waals surface area contributed by atoms with Crippen molar-refractivity contribution in [2.24, 2.45) is 7.05 Å². The van der Waals surface area contributed by atoms with Crippen LogP contribution in [0.1, 0.15) is 0 Å². The molecule has 0 saturated carbocycles. The molecule has 5 nitrogen and oxygen atoms in total. The lowest BCUT2D eigenvalue weighted by Gasteiger charge is -2.00. The number of aryl methyl sites for hydroxylation is 1. The number of nitrogens with zero attached hydrogens (tertiary/aromatic N) is 3. The summed E-state index contributed by atoms with van der Waals surface area (Å²) >= 11 is 3.29. The second-order valence-corrected chi connectivity index (χ2v) is 4.21. The van der Waals surface area contributed by atoms with Crippen molar-refractivity contribution in [3.63, 3.8) is 0 Å². The summed E-state index contributed by atoms with van der Waals surface area (Å²) in [5, 5.41) is 15.0. The van der Waals surface area contributed by atoms with Gasteiger partial charge in [0, 0.05) is 23.8 Å². The maximum Gasteiger partial charge on any atom is 0.278 e. The van der Waals surface area contributed by atoms with E-state index in [9.17, 15) is 10.1 Å². The van der Waals surface area contributed by atoms with Gasteiger partial charge in [0.1, 0.15) is 0 Å². The molecule has 0 unspecified atom stereocenters. The van der Waals surface area contributed by atoms with Gasteiger partial charge in [0.2, 0.25) is 0 Å². The summed E-state index contributed by atoms with van der Waals surface area (Å²) < 4.78 is 2.40. The molecule has 0 aliphatic rings. The summed E-state index contributed by atoms with van der Waals surface area (Å²) in [6.45, 7) is 0. The molecular formula is C10H8BrN3O2. The van der Waals surface area contributed by atoms with Crippen LogP contribution in [0.5, 0.6) is 0 Å². The summed E-state index contributed by atoms with van der Waals surface area (Å²) in [6.07, 6.45) is 1.75. The van der Waals surface area contributed by atoms with Gasteiger partial charge in [0.15, 0.2) is 0 Å². The Balaban J connectivity index is 2.62. The zero-order valence-corrected chi connectivity index (χ0v) is 10.0. The standard InChI is InChI=1S/C10H8BrN3O2/c1-13-5-4-9(12-13)8-6-7(11)2-3-10(8)14(15)16/h2-6H,1H3. The monoisotopic (exact) mass is 281 g/mol. The SMILES string of the molecule is Cn1ccc(-c2cc(Br)ccc2[N+](=O)[O-])n1. The second-order valence-electron chi connectivity index (χ2n) is 3.29. The minimum atomic E-state index is -0.406. The average Bonchev–Trinajstić information content (AvgIpc) is 2.64. The fraction of sp³-hybridized carbons (Fsp3) is 0.100. The highest BCUT2D eigenvalue weighted by atomic mass is 79.9. The van der Waals surface area contributed by atoms with Crippen LogP contribution in [0, 0.1) is 10.1 Å². The highest BCUT2D eigenvalue weighted by Gasteiger charge is 2.17. The molecule has 0 aliphatic carbocycles. The Morgan fingerprint density at radius 3 is 2.75 bits per heavy atom. The Kier molecular flexibility index (Phi) is 2.74. The lowest BCUT2D eigenvalue weighted by atomic mass is 10.1. The molecule has 1 aromatic carbocycles. The molecular weight excluding hydrogens is 274 g/mol. The zero-order valence-electron chi connectivity index (χ0n) is 8.42. The third-order valence-electron chi connectivity index (χ3n) is 2.14. The zero-order chi connectivity index (χ0) is 11.7. The maximum absolute atomic E-state index is 10.9. The van der Waals surface area contributed by atoms with Crippen LogP contribution in [0.25, 0.3) is 11.3 Å². The van der Waals surface area contributed by atoms with Crippen molar-refractivity contribution in [3.05, 3.63) is 45.0 Å². The van der Waals surface area contributed by atoms with Crippen molar-refractivity contribution in [2.75, 3.05) is 0 Å². The van der Waals surface area contributed by atoms with E-state index in [0.717, 1.165) is 4.47 Å². The van der Waals surface area contributed by atoms with Crippen molar-refractivity contribution in [1.82, 2.24) is 9.78 Å². The molecule has 1 aromatic heterocycles. The van der Waals surface area contributed by atoms with Gasteiger partial charge in [-0.05, 0) is 18.2 Å². The van der Waals surface area contributed by atoms with Gasteiger partial charge in [-0.1, -0.05) is 15.9 Å². The molecule has 1 heterocycles. The van der Waals surface area contributed by atoms with Gasteiger partial charge >= 0.3 is 0 Å². The van der Waals surface area contributed by atoms with Gasteiger partial charge in [-0.3, -0.25) is 14.8 Å². The van der Waals surface area contributed by atoms with E-state index in [0.29, 0.717) is 11.3 Å². The molecule has 0 radical (unpaired) electrons. The number of nitro groups is 1. The molecule has 0 fully saturated rings. The van der Waals surface area contributed by atoms with E-state index in [4.69, 9.17) is 0 Å². The topological polar surface area (TPSA) is 61.0 Å². The molecule has 2 aromatic rings. The first kappa shape index (κ1) is 10.8. The number of halogens is 1. The third kappa shape index (κ3) is 1.96. The Morgan fingerprint density at radius 2 is 2.19 bits per heavy atom. The predicted molar refractivity (Wildman–Crippen MR) is 63.0 cm³/mol. The first-order valence-corrected chi connectivity index (χ1v) is 5.31. The van der Waals surface area contributed by atoms with Crippen LogP contribution in [-0.2, 0) is 7.05 Å². The van der Waals surface area contributed by atoms with E-state index in [1.807, 2.05) is 0 Å². The number of nitro benzene ring substituents is 1. The minimum Gasteiger partial charge on any atom is -0.275 e. The van der Waals surface area contributed by atoms with Crippen LogP contribution in [0.15, 0.2) is 34.9 Å². The van der Waals surface area contributed by atoms with Gasteiger partial charge in [-0.25, -0.2) is 0 Å². The first-order chi connectivity index (χ1) is 7.58. The summed E-state index contributed by atoms with van der Waals surface area (Å²) in [4.78, 5) is 10.5. The highest BCUT2D eigenvalue weighted by Crippen LogP contribution is 2.31. The van der Waals surface area contributed by atoms with Crippen LogP contribution >= 0.6 is 15.9 Å². The molecule has 0 atom stereocenters. The number of aromatic nitrogens is 2. The molecule has 16 heavy (non-hydrogen) atoms. The van der Waals surface area contributed by atoms with Crippen LogP contribution in [0.4, 0.5) is 5.69 Å². The molecule has 0 N–H and O–H groups in total. The van der Waals surface area contributed by atoms with Gasteiger partial charge < -0.3 is 0 Å². The summed E-state index contributed by atoms with van der Waals surface area (Å²) in [5.74, 6) is 0. The first-order valence-electron chi connectivity index (χ1n) is 4.52. The van der Waals surface area contributed by atoms with Gasteiger partial charge in [0.25, 0.3) is 5.69 Å². The fourth-order valence-corrected chi connectivity index (χ4v) is 1.79. The van der Waals surface area contributed by atoms with Crippen LogP contribution < -0.4 is 0 Å². The number of hydrogen-bond acceptors (Lipinski definition) is 3. The van der Waals surface area contributed by atoms with E-state index in [-0.39, 0.29) is 5.69 Å². The van der Waals surface area contributed by atoms with E-state index < -0.39 is 4.92 Å². The number of benzene rings is 1. The van der Waals surface area contributed by atoms with E-state index in [2.05, 4.69) is 21.0 Å². The van der Waals surface area contributed by atoms with Crippen molar-refractivity contribution in [3.8, 4) is 11.3 Å². The van der Waals surface area contributed by atoms with Crippen molar-refractivity contribution in [2.45, 2.75) is 0 Å². The Morgan fingerprint density at radius 1 is 1.44 bits per heavy atom. The maximum atomic E-state index is 10.9. The van der Waals surface area contributed by atoms with Crippen LogP contribution in [-0.4, -0.2) is 14.7 Å². The van der Waals surface area contributed by atoms with Crippen LogP contribution in [0.3, 0.4) is 0 Å². The second kappa shape index (κ2) is 4.05. The predicted octanol–water partition coefficient (Wildman–Crippen LogP) is 2.76. The smallest absolute Gasteiger partial charge is 0.275 e. The summed E-state index contributed by atoms with van der Waals surface area (Å²) in [7, 11) is 1.77. The Labute approximate surface area is 100.0 Å². The molecule has 82 valence electrons. The Hall–Kier alpha value is -1.69. The largest absolute Gasteiger partial charge is 0.278 e. The number of hydrogen-bond donors (Lipinski definition) is 0. The molecule has 0 bridgehead atoms. The van der Waals surface area contributed by atoms with Crippen molar-refractivity contribution in [1.29, 1.82) is 0 Å². The molecule has 0 saturated heterocycles. The van der Waals surface area contributed by atoms with Crippen LogP contribution in [0.2, 0.25) is 0 Å². The molecule has 0 aliphatic heterocycles. The molecule has 2 rings (SSSR count). The molecule has 0 amide bonds. The van der Waals surface area contributed by atoms with Gasteiger partial charge in [0.05, 0.1) is 16.2 Å².